The van der Waals surface area contributed by atoms with E-state index in [0.29, 0.717) is 0 Å². The Kier molecular flexibility index (Phi) is 6.42. The first-order valence-corrected chi connectivity index (χ1v) is 5.31. The van der Waals surface area contributed by atoms with E-state index in [9.17, 15) is 0 Å². The van der Waals surface area contributed by atoms with Crippen LogP contribution in [0.1, 0.15) is 12.8 Å². The summed E-state index contributed by atoms with van der Waals surface area (Å²) in [4.78, 5) is 2.39. The molecule has 1 fully saturated rings. The van der Waals surface area contributed by atoms with Gasteiger partial charge >= 0.3 is 0 Å². The van der Waals surface area contributed by atoms with Crippen molar-refractivity contribution in [3.63, 3.8) is 0 Å². The molecule has 1 heterocycles. The first-order chi connectivity index (χ1) is 6.93. The Morgan fingerprint density at radius 2 is 2.07 bits per heavy atom. The van der Waals surface area contributed by atoms with E-state index in [4.69, 9.17) is 4.74 Å². The number of hydrogen-bond acceptors (Lipinski definition) is 3. The number of nitrogens with one attached hydrogen (secondary N) is 1. The van der Waals surface area contributed by atoms with Gasteiger partial charge in [-0.1, -0.05) is 5.92 Å². The fraction of sp³-hybridized carbons (Fsp3) is 0.818. The maximum Gasteiger partial charge on any atom is 0.0602 e. The van der Waals surface area contributed by atoms with Gasteiger partial charge in [-0.3, -0.25) is 4.90 Å². The van der Waals surface area contributed by atoms with Gasteiger partial charge in [0.1, 0.15) is 0 Å². The summed E-state index contributed by atoms with van der Waals surface area (Å²) in [5.41, 5.74) is 0. The monoisotopic (exact) mass is 196 g/mol. The molecular formula is C11H20N2O. The molecule has 0 aromatic rings. The van der Waals surface area contributed by atoms with Crippen molar-refractivity contribution in [2.75, 3.05) is 46.4 Å². The molecule has 0 aromatic carbocycles. The molecule has 1 rings (SSSR count). The molecule has 1 saturated heterocycles. The minimum absolute atomic E-state index is 0.822. The van der Waals surface area contributed by atoms with Gasteiger partial charge < -0.3 is 10.1 Å². The molecule has 0 unspecified atom stereocenters. The van der Waals surface area contributed by atoms with E-state index < -0.39 is 0 Å². The van der Waals surface area contributed by atoms with Gasteiger partial charge in [0.05, 0.1) is 6.54 Å². The van der Waals surface area contributed by atoms with Crippen molar-refractivity contribution < 1.29 is 4.74 Å². The predicted octanol–water partition coefficient (Wildman–Crippen LogP) is 0.322. The molecule has 0 bridgehead atoms. The Hall–Kier alpha value is -0.560. The molecule has 1 aliphatic rings. The van der Waals surface area contributed by atoms with Gasteiger partial charge in [-0.2, -0.15) is 0 Å². The lowest BCUT2D eigenvalue weighted by Crippen LogP contribution is -2.43. The molecule has 3 nitrogen and oxygen atoms in total. The average Bonchev–Trinajstić information content (AvgIpc) is 2.25. The SMILES string of the molecule is COCCCC#CCN1CCNCC1. The van der Waals surface area contributed by atoms with Crippen LogP contribution in [0.3, 0.4) is 0 Å². The lowest BCUT2D eigenvalue weighted by atomic mass is 10.3. The molecule has 80 valence electrons. The van der Waals surface area contributed by atoms with Crippen LogP contribution >= 0.6 is 0 Å². The van der Waals surface area contributed by atoms with Crippen LogP contribution in [0.2, 0.25) is 0 Å². The zero-order chi connectivity index (χ0) is 10.1. The van der Waals surface area contributed by atoms with Gasteiger partial charge in [0, 0.05) is 46.3 Å². The molecule has 0 radical (unpaired) electrons. The van der Waals surface area contributed by atoms with E-state index in [-0.39, 0.29) is 0 Å². The topological polar surface area (TPSA) is 24.5 Å². The molecule has 0 aliphatic carbocycles. The smallest absolute Gasteiger partial charge is 0.0602 e. The average molecular weight is 196 g/mol. The minimum atomic E-state index is 0.822. The highest BCUT2D eigenvalue weighted by Gasteiger charge is 2.06. The van der Waals surface area contributed by atoms with Crippen LogP contribution in [-0.2, 0) is 4.74 Å². The second kappa shape index (κ2) is 7.81. The van der Waals surface area contributed by atoms with Crippen molar-refractivity contribution in [3.8, 4) is 11.8 Å². The number of ether oxygens (including phenoxy) is 1. The van der Waals surface area contributed by atoms with Crippen LogP contribution in [0, 0.1) is 11.8 Å². The fourth-order valence-electron chi connectivity index (χ4n) is 1.43. The standard InChI is InChI=1S/C11H20N2O/c1-14-11-5-3-2-4-8-13-9-6-12-7-10-13/h12H,3,5-11H2,1H3. The lowest BCUT2D eigenvalue weighted by molar-refractivity contribution is 0.196. The number of piperazine rings is 1. The molecule has 0 aromatic heterocycles. The van der Waals surface area contributed by atoms with Gasteiger partial charge in [0.2, 0.25) is 0 Å². The molecule has 1 aliphatic heterocycles. The third-order valence-electron chi connectivity index (χ3n) is 2.29. The number of nitrogens with zero attached hydrogens (tertiary/aromatic N) is 1. The first kappa shape index (κ1) is 11.5. The van der Waals surface area contributed by atoms with Crippen molar-refractivity contribution in [1.82, 2.24) is 10.2 Å². The number of methoxy groups -OCH3 is 1. The van der Waals surface area contributed by atoms with E-state index in [1.807, 2.05) is 0 Å². The third-order valence-corrected chi connectivity index (χ3v) is 2.29. The summed E-state index contributed by atoms with van der Waals surface area (Å²) in [5, 5.41) is 3.33. The van der Waals surface area contributed by atoms with Gasteiger partial charge in [0.25, 0.3) is 0 Å². The molecule has 0 spiro atoms. The van der Waals surface area contributed by atoms with Crippen molar-refractivity contribution in [2.45, 2.75) is 12.8 Å². The zero-order valence-corrected chi connectivity index (χ0v) is 9.01. The van der Waals surface area contributed by atoms with Crippen LogP contribution in [-0.4, -0.2) is 51.3 Å². The summed E-state index contributed by atoms with van der Waals surface area (Å²) in [7, 11) is 1.73. The van der Waals surface area contributed by atoms with Crippen LogP contribution in [0.15, 0.2) is 0 Å². The van der Waals surface area contributed by atoms with E-state index in [1.54, 1.807) is 7.11 Å². The van der Waals surface area contributed by atoms with Crippen LogP contribution in [0.4, 0.5) is 0 Å². The van der Waals surface area contributed by atoms with Crippen molar-refractivity contribution >= 4 is 0 Å². The molecule has 1 N–H and O–H groups in total. The van der Waals surface area contributed by atoms with Crippen molar-refractivity contribution in [2.24, 2.45) is 0 Å². The van der Waals surface area contributed by atoms with E-state index in [1.165, 1.54) is 0 Å². The van der Waals surface area contributed by atoms with Crippen LogP contribution in [0.25, 0.3) is 0 Å². The second-order valence-electron chi connectivity index (χ2n) is 3.48. The summed E-state index contributed by atoms with van der Waals surface area (Å²) in [5.74, 6) is 6.38. The minimum Gasteiger partial charge on any atom is -0.385 e. The maximum absolute atomic E-state index is 4.95. The van der Waals surface area contributed by atoms with Crippen LogP contribution < -0.4 is 5.32 Å². The second-order valence-corrected chi connectivity index (χ2v) is 3.48. The Balaban J connectivity index is 2.00. The van der Waals surface area contributed by atoms with E-state index in [0.717, 1.165) is 52.2 Å². The molecule has 14 heavy (non-hydrogen) atoms. The maximum atomic E-state index is 4.95. The summed E-state index contributed by atoms with van der Waals surface area (Å²) in [6.45, 7) is 6.22. The van der Waals surface area contributed by atoms with Crippen LogP contribution in [0.5, 0.6) is 0 Å². The van der Waals surface area contributed by atoms with Gasteiger partial charge in [-0.05, 0) is 6.42 Å². The highest BCUT2D eigenvalue weighted by atomic mass is 16.5. The summed E-state index contributed by atoms with van der Waals surface area (Å²) >= 11 is 0. The highest BCUT2D eigenvalue weighted by molar-refractivity contribution is 5.01. The van der Waals surface area contributed by atoms with Gasteiger partial charge in [-0.15, -0.1) is 5.92 Å². The van der Waals surface area contributed by atoms with E-state index >= 15 is 0 Å². The summed E-state index contributed by atoms with van der Waals surface area (Å²) in [6.07, 6.45) is 2.00. The number of unbranched alkanes of at least 4 members (excludes halogenated alkanes) is 1. The van der Waals surface area contributed by atoms with Gasteiger partial charge in [0.15, 0.2) is 0 Å². The first-order valence-electron chi connectivity index (χ1n) is 5.31. The Bertz CT molecular complexity index is 189. The normalized spacial score (nSPS) is 17.5. The molecular weight excluding hydrogens is 176 g/mol. The largest absolute Gasteiger partial charge is 0.385 e. The zero-order valence-electron chi connectivity index (χ0n) is 9.01. The highest BCUT2D eigenvalue weighted by Crippen LogP contribution is 1.90. The van der Waals surface area contributed by atoms with Crippen molar-refractivity contribution in [3.05, 3.63) is 0 Å². The molecule has 0 saturated carbocycles. The quantitative estimate of drug-likeness (QED) is 0.518. The Morgan fingerprint density at radius 1 is 1.29 bits per heavy atom. The molecule has 0 amide bonds. The Labute approximate surface area is 86.8 Å². The van der Waals surface area contributed by atoms with E-state index in [2.05, 4.69) is 22.1 Å². The van der Waals surface area contributed by atoms with Crippen molar-refractivity contribution in [1.29, 1.82) is 0 Å². The van der Waals surface area contributed by atoms with Gasteiger partial charge in [-0.25, -0.2) is 0 Å². The fourth-order valence-corrected chi connectivity index (χ4v) is 1.43. The number of rotatable bonds is 4. The summed E-state index contributed by atoms with van der Waals surface area (Å²) in [6, 6.07) is 0. The third kappa shape index (κ3) is 5.23. The lowest BCUT2D eigenvalue weighted by Gasteiger charge is -2.24. The molecule has 0 atom stereocenters. The number of hydrogen-bond donors (Lipinski definition) is 1. The Morgan fingerprint density at radius 3 is 2.79 bits per heavy atom. The molecule has 3 heteroatoms. The predicted molar refractivity (Wildman–Crippen MR) is 58.2 cm³/mol. The summed E-state index contributed by atoms with van der Waals surface area (Å²) < 4.78 is 4.95.